The number of aliphatic carboxylic acids is 1. The molecule has 0 amide bonds. The van der Waals surface area contributed by atoms with Gasteiger partial charge in [0.1, 0.15) is 11.0 Å². The van der Waals surface area contributed by atoms with E-state index in [1.807, 2.05) is 0 Å². The van der Waals surface area contributed by atoms with Crippen molar-refractivity contribution in [2.75, 3.05) is 7.11 Å². The molecule has 0 aliphatic carbocycles. The molecule has 0 spiro atoms. The standard InChI is InChI=1S/C11H14O4S/c1-8(11(12)13)16(14)7-9-3-5-10(15-2)6-4-9/h3-6,8H,7H2,1-2H3,(H,12,13). The monoisotopic (exact) mass is 242 g/mol. The molecule has 0 heterocycles. The van der Waals surface area contributed by atoms with Gasteiger partial charge < -0.3 is 9.84 Å². The van der Waals surface area contributed by atoms with Gasteiger partial charge in [0, 0.05) is 16.6 Å². The summed E-state index contributed by atoms with van der Waals surface area (Å²) in [5.41, 5.74) is 0.840. The molecule has 16 heavy (non-hydrogen) atoms. The average Bonchev–Trinajstić information content (AvgIpc) is 2.28. The van der Waals surface area contributed by atoms with E-state index in [2.05, 4.69) is 0 Å². The average molecular weight is 242 g/mol. The number of hydrogen-bond acceptors (Lipinski definition) is 3. The van der Waals surface area contributed by atoms with E-state index >= 15 is 0 Å². The highest BCUT2D eigenvalue weighted by Crippen LogP contribution is 2.13. The number of carboxylic acids is 1. The van der Waals surface area contributed by atoms with Gasteiger partial charge in [0.25, 0.3) is 0 Å². The van der Waals surface area contributed by atoms with E-state index in [0.29, 0.717) is 0 Å². The van der Waals surface area contributed by atoms with Crippen LogP contribution in [0, 0.1) is 0 Å². The molecule has 0 saturated heterocycles. The summed E-state index contributed by atoms with van der Waals surface area (Å²) in [5.74, 6) is -0.0649. The molecule has 1 N–H and O–H groups in total. The highest BCUT2D eigenvalue weighted by Gasteiger charge is 2.18. The van der Waals surface area contributed by atoms with Crippen molar-refractivity contribution in [3.63, 3.8) is 0 Å². The topological polar surface area (TPSA) is 63.6 Å². The van der Waals surface area contributed by atoms with Gasteiger partial charge in [0.05, 0.1) is 7.11 Å². The second kappa shape index (κ2) is 5.65. The maximum atomic E-state index is 11.6. The lowest BCUT2D eigenvalue weighted by atomic mass is 10.2. The fourth-order valence-corrected chi connectivity index (χ4v) is 2.12. The van der Waals surface area contributed by atoms with Crippen molar-refractivity contribution in [1.29, 1.82) is 0 Å². The molecule has 0 aliphatic rings. The van der Waals surface area contributed by atoms with Gasteiger partial charge in [0.2, 0.25) is 0 Å². The molecule has 1 rings (SSSR count). The van der Waals surface area contributed by atoms with Crippen LogP contribution in [0.1, 0.15) is 12.5 Å². The highest BCUT2D eigenvalue weighted by atomic mass is 32.2. The van der Waals surface area contributed by atoms with Crippen molar-refractivity contribution in [1.82, 2.24) is 0 Å². The van der Waals surface area contributed by atoms with Crippen LogP contribution in [0.5, 0.6) is 5.75 Å². The van der Waals surface area contributed by atoms with Gasteiger partial charge in [-0.1, -0.05) is 12.1 Å². The first-order valence-electron chi connectivity index (χ1n) is 4.77. The number of methoxy groups -OCH3 is 1. The van der Waals surface area contributed by atoms with Crippen LogP contribution in [-0.2, 0) is 21.3 Å². The second-order valence-electron chi connectivity index (χ2n) is 3.35. The van der Waals surface area contributed by atoms with Crippen LogP contribution in [0.4, 0.5) is 0 Å². The Kier molecular flexibility index (Phi) is 4.49. The van der Waals surface area contributed by atoms with Gasteiger partial charge in [0.15, 0.2) is 0 Å². The van der Waals surface area contributed by atoms with Crippen LogP contribution in [-0.4, -0.2) is 27.6 Å². The van der Waals surface area contributed by atoms with Crippen molar-refractivity contribution >= 4 is 16.8 Å². The molecule has 0 fully saturated rings. The Hall–Kier alpha value is -1.36. The molecule has 0 aromatic heterocycles. The largest absolute Gasteiger partial charge is 0.497 e. The third-order valence-corrected chi connectivity index (χ3v) is 3.82. The summed E-state index contributed by atoms with van der Waals surface area (Å²) in [4.78, 5) is 10.6. The molecular formula is C11H14O4S. The minimum atomic E-state index is -1.39. The van der Waals surface area contributed by atoms with Crippen LogP contribution < -0.4 is 4.74 Å². The number of rotatable bonds is 5. The van der Waals surface area contributed by atoms with Gasteiger partial charge in [-0.2, -0.15) is 0 Å². The zero-order valence-corrected chi connectivity index (χ0v) is 9.99. The fourth-order valence-electron chi connectivity index (χ4n) is 1.12. The summed E-state index contributed by atoms with van der Waals surface area (Å²) in [6.45, 7) is 1.45. The van der Waals surface area contributed by atoms with Crippen LogP contribution in [0.3, 0.4) is 0 Å². The van der Waals surface area contributed by atoms with Crippen LogP contribution in [0.25, 0.3) is 0 Å². The second-order valence-corrected chi connectivity index (χ2v) is 5.11. The fraction of sp³-hybridized carbons (Fsp3) is 0.364. The lowest BCUT2D eigenvalue weighted by molar-refractivity contribution is -0.136. The maximum Gasteiger partial charge on any atom is 0.318 e. The van der Waals surface area contributed by atoms with E-state index in [0.717, 1.165) is 11.3 Å². The lowest BCUT2D eigenvalue weighted by Gasteiger charge is -2.07. The van der Waals surface area contributed by atoms with E-state index in [9.17, 15) is 9.00 Å². The van der Waals surface area contributed by atoms with E-state index in [-0.39, 0.29) is 5.75 Å². The Balaban J connectivity index is 2.66. The van der Waals surface area contributed by atoms with Crippen molar-refractivity contribution in [2.45, 2.75) is 17.9 Å². The maximum absolute atomic E-state index is 11.6. The predicted octanol–water partition coefficient (Wildman–Crippen LogP) is 1.42. The molecule has 0 bridgehead atoms. The van der Waals surface area contributed by atoms with Crippen molar-refractivity contribution < 1.29 is 18.8 Å². The summed E-state index contributed by atoms with van der Waals surface area (Å²) >= 11 is 0. The predicted molar refractivity (Wildman–Crippen MR) is 61.9 cm³/mol. The van der Waals surface area contributed by atoms with Gasteiger partial charge in [-0.25, -0.2) is 0 Å². The first kappa shape index (κ1) is 12.7. The molecule has 5 heteroatoms. The normalized spacial score (nSPS) is 14.1. The summed E-state index contributed by atoms with van der Waals surface area (Å²) in [6.07, 6.45) is 0. The summed E-state index contributed by atoms with van der Waals surface area (Å²) in [7, 11) is 0.174. The van der Waals surface area contributed by atoms with Crippen LogP contribution in [0.2, 0.25) is 0 Å². The molecule has 0 radical (unpaired) electrons. The Morgan fingerprint density at radius 1 is 1.44 bits per heavy atom. The molecule has 2 atom stereocenters. The minimum absolute atomic E-state index is 0.247. The number of hydrogen-bond donors (Lipinski definition) is 1. The van der Waals surface area contributed by atoms with E-state index in [4.69, 9.17) is 9.84 Å². The zero-order valence-electron chi connectivity index (χ0n) is 9.17. The molecule has 0 saturated carbocycles. The van der Waals surface area contributed by atoms with Gasteiger partial charge in [-0.15, -0.1) is 0 Å². The summed E-state index contributed by atoms with van der Waals surface area (Å²) in [6, 6.07) is 7.09. The molecule has 0 aliphatic heterocycles. The molecule has 1 aromatic rings. The number of carbonyl (C=O) groups is 1. The Labute approximate surface area is 96.7 Å². The summed E-state index contributed by atoms with van der Waals surface area (Å²) < 4.78 is 16.6. The lowest BCUT2D eigenvalue weighted by Crippen LogP contribution is -2.22. The van der Waals surface area contributed by atoms with Crippen molar-refractivity contribution in [3.8, 4) is 5.75 Å². The number of benzene rings is 1. The first-order chi connectivity index (χ1) is 7.54. The Morgan fingerprint density at radius 3 is 2.44 bits per heavy atom. The molecule has 1 aromatic carbocycles. The van der Waals surface area contributed by atoms with Crippen LogP contribution in [0.15, 0.2) is 24.3 Å². The van der Waals surface area contributed by atoms with E-state index in [1.165, 1.54) is 6.92 Å². The Bertz CT molecular complexity index is 385. The van der Waals surface area contributed by atoms with Crippen molar-refractivity contribution in [2.24, 2.45) is 0 Å². The van der Waals surface area contributed by atoms with Crippen LogP contribution >= 0.6 is 0 Å². The van der Waals surface area contributed by atoms with E-state index in [1.54, 1.807) is 31.4 Å². The number of carboxylic acid groups (broad SMARTS) is 1. The van der Waals surface area contributed by atoms with Crippen molar-refractivity contribution in [3.05, 3.63) is 29.8 Å². The third kappa shape index (κ3) is 3.34. The molecular weight excluding hydrogens is 228 g/mol. The Morgan fingerprint density at radius 2 is 2.00 bits per heavy atom. The SMILES string of the molecule is COc1ccc(CS(=O)C(C)C(=O)O)cc1. The van der Waals surface area contributed by atoms with Gasteiger partial charge in [-0.05, 0) is 24.6 Å². The molecule has 2 unspecified atom stereocenters. The highest BCUT2D eigenvalue weighted by molar-refractivity contribution is 7.85. The minimum Gasteiger partial charge on any atom is -0.497 e. The quantitative estimate of drug-likeness (QED) is 0.848. The zero-order chi connectivity index (χ0) is 12.1. The molecule has 88 valence electrons. The van der Waals surface area contributed by atoms with E-state index < -0.39 is 22.0 Å². The first-order valence-corrected chi connectivity index (χ1v) is 6.15. The third-order valence-electron chi connectivity index (χ3n) is 2.21. The molecule has 4 nitrogen and oxygen atoms in total. The summed E-state index contributed by atoms with van der Waals surface area (Å²) in [5, 5.41) is 7.85. The van der Waals surface area contributed by atoms with Gasteiger partial charge in [-0.3, -0.25) is 9.00 Å². The number of ether oxygens (including phenoxy) is 1. The smallest absolute Gasteiger partial charge is 0.318 e. The van der Waals surface area contributed by atoms with Gasteiger partial charge >= 0.3 is 5.97 Å².